The number of aryl methyl sites for hydroxylation is 2. The molecule has 0 spiro atoms. The van der Waals surface area contributed by atoms with Crippen molar-refractivity contribution in [3.05, 3.63) is 28.4 Å². The number of aromatic amines is 1. The van der Waals surface area contributed by atoms with Crippen LogP contribution in [0.3, 0.4) is 0 Å². The summed E-state index contributed by atoms with van der Waals surface area (Å²) in [5.74, 6) is 0.778. The van der Waals surface area contributed by atoms with Crippen molar-refractivity contribution < 1.29 is 0 Å². The van der Waals surface area contributed by atoms with Crippen molar-refractivity contribution in [3.63, 3.8) is 0 Å². The van der Waals surface area contributed by atoms with Crippen LogP contribution < -0.4 is 5.32 Å². The molecule has 0 aromatic carbocycles. The number of hydrogen-bond acceptors (Lipinski definition) is 5. The van der Waals surface area contributed by atoms with Crippen molar-refractivity contribution in [2.75, 3.05) is 5.32 Å². The highest BCUT2D eigenvalue weighted by Crippen LogP contribution is 2.27. The van der Waals surface area contributed by atoms with Crippen LogP contribution in [0.25, 0.3) is 11.0 Å². The van der Waals surface area contributed by atoms with E-state index in [1.54, 1.807) is 11.0 Å². The third-order valence-corrected chi connectivity index (χ3v) is 3.79. The lowest BCUT2D eigenvalue weighted by molar-refractivity contribution is 0.760. The molecule has 0 radical (unpaired) electrons. The summed E-state index contributed by atoms with van der Waals surface area (Å²) in [5, 5.41) is 15.8. The van der Waals surface area contributed by atoms with Gasteiger partial charge in [0.1, 0.15) is 16.7 Å². The van der Waals surface area contributed by atoms with Crippen molar-refractivity contribution in [1.29, 1.82) is 0 Å². The maximum atomic E-state index is 4.33. The minimum Gasteiger partial charge on any atom is -0.366 e. The fourth-order valence-corrected chi connectivity index (χ4v) is 2.93. The predicted octanol–water partition coefficient (Wildman–Crippen LogP) is 2.20. The van der Waals surface area contributed by atoms with Gasteiger partial charge >= 0.3 is 0 Å². The van der Waals surface area contributed by atoms with Gasteiger partial charge in [-0.2, -0.15) is 10.2 Å². The van der Waals surface area contributed by atoms with E-state index in [2.05, 4.69) is 53.4 Å². The molecule has 0 aliphatic carbocycles. The van der Waals surface area contributed by atoms with Gasteiger partial charge in [0, 0.05) is 25.2 Å². The first-order valence-electron chi connectivity index (χ1n) is 6.65. The molecular formula is C13H16BrN7. The standard InChI is InChI=1S/C13H16BrN7/c1-7(4-9-5-8(2)18-19-9)17-12-10-11(14)20-21(3)13(10)16-6-15-12/h5-7H,4H2,1-3H3,(H,18,19)(H,15,16,17). The molecule has 3 aromatic heterocycles. The molecular weight excluding hydrogens is 334 g/mol. The number of rotatable bonds is 4. The first-order valence-corrected chi connectivity index (χ1v) is 7.44. The highest BCUT2D eigenvalue weighted by molar-refractivity contribution is 9.10. The molecule has 0 amide bonds. The van der Waals surface area contributed by atoms with Gasteiger partial charge in [0.2, 0.25) is 0 Å². The number of nitrogens with zero attached hydrogens (tertiary/aromatic N) is 5. The number of H-pyrrole nitrogens is 1. The van der Waals surface area contributed by atoms with Crippen LogP contribution in [0.5, 0.6) is 0 Å². The summed E-state index contributed by atoms with van der Waals surface area (Å²) in [4.78, 5) is 8.59. The lowest BCUT2D eigenvalue weighted by Gasteiger charge is -2.13. The Hall–Kier alpha value is -1.96. The van der Waals surface area contributed by atoms with Gasteiger partial charge < -0.3 is 5.32 Å². The molecule has 3 rings (SSSR count). The zero-order chi connectivity index (χ0) is 15.0. The molecule has 2 N–H and O–H groups in total. The summed E-state index contributed by atoms with van der Waals surface area (Å²) < 4.78 is 2.47. The van der Waals surface area contributed by atoms with Gasteiger partial charge in [0.25, 0.3) is 0 Å². The summed E-state index contributed by atoms with van der Waals surface area (Å²) in [5.41, 5.74) is 2.89. The van der Waals surface area contributed by atoms with Crippen molar-refractivity contribution in [3.8, 4) is 0 Å². The molecule has 0 aliphatic rings. The monoisotopic (exact) mass is 349 g/mol. The SMILES string of the molecule is Cc1cc(CC(C)Nc2ncnc3c2c(Br)nn3C)n[nH]1. The molecule has 3 aromatic rings. The second-order valence-corrected chi connectivity index (χ2v) is 5.88. The molecule has 0 saturated heterocycles. The second kappa shape index (κ2) is 5.44. The zero-order valence-corrected chi connectivity index (χ0v) is 13.6. The first-order chi connectivity index (χ1) is 10.0. The van der Waals surface area contributed by atoms with Crippen LogP contribution in [0.4, 0.5) is 5.82 Å². The van der Waals surface area contributed by atoms with Gasteiger partial charge in [-0.3, -0.25) is 5.10 Å². The van der Waals surface area contributed by atoms with Crippen LogP contribution >= 0.6 is 15.9 Å². The average molecular weight is 350 g/mol. The van der Waals surface area contributed by atoms with Crippen molar-refractivity contribution in [2.24, 2.45) is 7.05 Å². The third-order valence-electron chi connectivity index (χ3n) is 3.24. The average Bonchev–Trinajstić information content (AvgIpc) is 2.95. The fourth-order valence-electron chi connectivity index (χ4n) is 2.33. The van der Waals surface area contributed by atoms with E-state index in [-0.39, 0.29) is 6.04 Å². The highest BCUT2D eigenvalue weighted by atomic mass is 79.9. The van der Waals surface area contributed by atoms with E-state index >= 15 is 0 Å². The number of anilines is 1. The largest absolute Gasteiger partial charge is 0.366 e. The van der Waals surface area contributed by atoms with E-state index in [0.29, 0.717) is 0 Å². The van der Waals surface area contributed by atoms with Crippen LogP contribution in [-0.4, -0.2) is 36.0 Å². The van der Waals surface area contributed by atoms with Crippen LogP contribution in [0.1, 0.15) is 18.3 Å². The summed E-state index contributed by atoms with van der Waals surface area (Å²) >= 11 is 3.46. The topological polar surface area (TPSA) is 84.3 Å². The molecule has 1 unspecified atom stereocenters. The maximum absolute atomic E-state index is 4.33. The van der Waals surface area contributed by atoms with Crippen LogP contribution in [0.15, 0.2) is 17.0 Å². The Balaban J connectivity index is 1.84. The third kappa shape index (κ3) is 2.76. The molecule has 7 nitrogen and oxygen atoms in total. The van der Waals surface area contributed by atoms with Crippen molar-refractivity contribution >= 4 is 32.8 Å². The number of aromatic nitrogens is 6. The van der Waals surface area contributed by atoms with E-state index in [9.17, 15) is 0 Å². The molecule has 0 aliphatic heterocycles. The number of hydrogen-bond donors (Lipinski definition) is 2. The molecule has 8 heteroatoms. The molecule has 0 fully saturated rings. The maximum Gasteiger partial charge on any atom is 0.164 e. The van der Waals surface area contributed by atoms with Crippen LogP contribution in [0, 0.1) is 6.92 Å². The molecule has 110 valence electrons. The van der Waals surface area contributed by atoms with Gasteiger partial charge in [-0.25, -0.2) is 14.6 Å². The summed E-state index contributed by atoms with van der Waals surface area (Å²) in [6.07, 6.45) is 2.36. The van der Waals surface area contributed by atoms with Gasteiger partial charge in [-0.15, -0.1) is 0 Å². The smallest absolute Gasteiger partial charge is 0.164 e. The lowest BCUT2D eigenvalue weighted by atomic mass is 10.1. The summed E-state index contributed by atoms with van der Waals surface area (Å²) in [7, 11) is 1.86. The van der Waals surface area contributed by atoms with E-state index in [4.69, 9.17) is 0 Å². The van der Waals surface area contributed by atoms with E-state index < -0.39 is 0 Å². The predicted molar refractivity (Wildman–Crippen MR) is 84.1 cm³/mol. The van der Waals surface area contributed by atoms with Crippen molar-refractivity contribution in [1.82, 2.24) is 29.9 Å². The van der Waals surface area contributed by atoms with Crippen LogP contribution in [-0.2, 0) is 13.5 Å². The molecule has 1 atom stereocenters. The Morgan fingerprint density at radius 2 is 2.24 bits per heavy atom. The number of nitrogens with one attached hydrogen (secondary N) is 2. The molecule has 0 saturated carbocycles. The minimum atomic E-state index is 0.193. The van der Waals surface area contributed by atoms with Gasteiger partial charge in [-0.05, 0) is 35.8 Å². The highest BCUT2D eigenvalue weighted by Gasteiger charge is 2.15. The number of halogens is 1. The van der Waals surface area contributed by atoms with Gasteiger partial charge in [-0.1, -0.05) is 0 Å². The number of fused-ring (bicyclic) bond motifs is 1. The Bertz CT molecular complexity index is 776. The molecule has 21 heavy (non-hydrogen) atoms. The normalized spacial score (nSPS) is 12.8. The van der Waals surface area contributed by atoms with Gasteiger partial charge in [0.15, 0.2) is 5.65 Å². The molecule has 3 heterocycles. The lowest BCUT2D eigenvalue weighted by Crippen LogP contribution is -2.19. The summed E-state index contributed by atoms with van der Waals surface area (Å²) in [6, 6.07) is 2.24. The zero-order valence-electron chi connectivity index (χ0n) is 12.1. The Morgan fingerprint density at radius 1 is 1.43 bits per heavy atom. The molecule has 0 bridgehead atoms. The quantitative estimate of drug-likeness (QED) is 0.754. The van der Waals surface area contributed by atoms with Gasteiger partial charge in [0.05, 0.1) is 11.1 Å². The van der Waals surface area contributed by atoms with E-state index in [1.807, 2.05) is 20.0 Å². The Kier molecular flexibility index (Phi) is 3.62. The van der Waals surface area contributed by atoms with Crippen LogP contribution in [0.2, 0.25) is 0 Å². The van der Waals surface area contributed by atoms with Crippen molar-refractivity contribution in [2.45, 2.75) is 26.3 Å². The minimum absolute atomic E-state index is 0.193. The summed E-state index contributed by atoms with van der Waals surface area (Å²) in [6.45, 7) is 4.09. The van der Waals surface area contributed by atoms with E-state index in [1.165, 1.54) is 0 Å². The Labute approximate surface area is 130 Å². The van der Waals surface area contributed by atoms with E-state index in [0.717, 1.165) is 39.3 Å². The second-order valence-electron chi connectivity index (χ2n) is 5.13. The first kappa shape index (κ1) is 14.0. The Morgan fingerprint density at radius 3 is 2.95 bits per heavy atom. The fraction of sp³-hybridized carbons (Fsp3) is 0.385.